The van der Waals surface area contributed by atoms with Crippen LogP contribution in [0, 0.1) is 0 Å². The molecule has 1 rings (SSSR count). The van der Waals surface area contributed by atoms with Crippen LogP contribution in [0.15, 0.2) is 6.33 Å². The van der Waals surface area contributed by atoms with Crippen LogP contribution in [0.25, 0.3) is 0 Å². The normalized spacial score (nSPS) is 15.4. The van der Waals surface area contributed by atoms with Crippen molar-refractivity contribution in [1.82, 2.24) is 14.8 Å². The van der Waals surface area contributed by atoms with Crippen molar-refractivity contribution < 1.29 is 4.21 Å². The molecule has 0 amide bonds. The van der Waals surface area contributed by atoms with Crippen LogP contribution in [-0.4, -0.2) is 30.5 Å². The fraction of sp³-hybridized carbons (Fsp3) is 0.750. The van der Waals surface area contributed by atoms with Gasteiger partial charge in [-0.3, -0.25) is 4.21 Å². The Hall–Kier alpha value is -0.420. The van der Waals surface area contributed by atoms with E-state index >= 15 is 0 Å². The summed E-state index contributed by atoms with van der Waals surface area (Å²) in [6.45, 7) is 2.75. The summed E-state index contributed by atoms with van der Waals surface area (Å²) in [6, 6.07) is 0. The van der Waals surface area contributed by atoms with E-state index in [0.29, 0.717) is 5.88 Å². The van der Waals surface area contributed by atoms with Gasteiger partial charge in [0.15, 0.2) is 0 Å². The second-order valence-corrected chi connectivity index (χ2v) is 5.24. The summed E-state index contributed by atoms with van der Waals surface area (Å²) in [7, 11) is -0.768. The summed E-state index contributed by atoms with van der Waals surface area (Å²) >= 11 is 5.67. The van der Waals surface area contributed by atoms with Gasteiger partial charge in [0, 0.05) is 28.9 Å². The predicted molar refractivity (Wildman–Crippen MR) is 57.7 cm³/mol. The summed E-state index contributed by atoms with van der Waals surface area (Å²) in [5.41, 5.74) is 0. The van der Waals surface area contributed by atoms with Gasteiger partial charge < -0.3 is 4.57 Å². The van der Waals surface area contributed by atoms with Gasteiger partial charge in [0.2, 0.25) is 0 Å². The molecular weight excluding hydrogens is 222 g/mol. The van der Waals surface area contributed by atoms with Gasteiger partial charge in [-0.15, -0.1) is 21.8 Å². The first-order valence-electron chi connectivity index (χ1n) is 4.40. The van der Waals surface area contributed by atoms with Crippen LogP contribution < -0.4 is 0 Å². The summed E-state index contributed by atoms with van der Waals surface area (Å²) in [6.07, 6.45) is 4.23. The first-order chi connectivity index (χ1) is 6.65. The third kappa shape index (κ3) is 3.06. The minimum absolute atomic E-state index is 0.195. The third-order valence-electron chi connectivity index (χ3n) is 2.16. The van der Waals surface area contributed by atoms with Crippen molar-refractivity contribution in [2.24, 2.45) is 0 Å². The number of hydrogen-bond acceptors (Lipinski definition) is 3. The predicted octanol–water partition coefficient (Wildman–Crippen LogP) is 1.17. The number of halogens is 1. The molecule has 4 nitrogen and oxygen atoms in total. The smallest absolute Gasteiger partial charge is 0.147 e. The molecule has 80 valence electrons. The number of nitrogens with zero attached hydrogens (tertiary/aromatic N) is 3. The van der Waals surface area contributed by atoms with E-state index in [1.54, 1.807) is 12.6 Å². The molecular formula is C8H14ClN3OS. The van der Waals surface area contributed by atoms with Gasteiger partial charge in [-0.1, -0.05) is 6.92 Å². The molecule has 0 radical (unpaired) electrons. The van der Waals surface area contributed by atoms with Crippen molar-refractivity contribution in [2.45, 2.75) is 31.0 Å². The first kappa shape index (κ1) is 11.7. The van der Waals surface area contributed by atoms with E-state index in [0.717, 1.165) is 18.8 Å². The molecule has 2 unspecified atom stereocenters. The fourth-order valence-electron chi connectivity index (χ4n) is 1.06. The van der Waals surface area contributed by atoms with Crippen molar-refractivity contribution in [3.63, 3.8) is 0 Å². The standard InChI is InChI=1S/C8H14ClN3OS/c1-7(14(2)13)3-4-12-6-10-11-8(12)5-9/h6-7H,3-5H2,1-2H3. The van der Waals surface area contributed by atoms with Gasteiger partial charge in [0.25, 0.3) is 0 Å². The Morgan fingerprint density at radius 3 is 3.00 bits per heavy atom. The van der Waals surface area contributed by atoms with E-state index in [-0.39, 0.29) is 5.25 Å². The Bertz CT molecular complexity index is 315. The second-order valence-electron chi connectivity index (χ2n) is 3.17. The molecule has 14 heavy (non-hydrogen) atoms. The Labute approximate surface area is 91.1 Å². The molecule has 0 spiro atoms. The molecule has 2 atom stereocenters. The minimum Gasteiger partial charge on any atom is -0.317 e. The number of alkyl halides is 1. The molecule has 0 aliphatic heterocycles. The van der Waals surface area contributed by atoms with Crippen LogP contribution in [0.5, 0.6) is 0 Å². The van der Waals surface area contributed by atoms with Crippen LogP contribution in [0.2, 0.25) is 0 Å². The zero-order chi connectivity index (χ0) is 10.6. The van der Waals surface area contributed by atoms with E-state index < -0.39 is 10.8 Å². The minimum atomic E-state index is -0.768. The van der Waals surface area contributed by atoms with E-state index in [1.165, 1.54) is 0 Å². The molecule has 0 aliphatic carbocycles. The Kier molecular flexibility index (Phi) is 4.54. The maximum atomic E-state index is 11.1. The molecule has 1 aromatic rings. The van der Waals surface area contributed by atoms with E-state index in [1.807, 2.05) is 11.5 Å². The highest BCUT2D eigenvalue weighted by molar-refractivity contribution is 7.84. The number of rotatable bonds is 5. The van der Waals surface area contributed by atoms with Gasteiger partial charge in [0.05, 0.1) is 5.88 Å². The number of aromatic nitrogens is 3. The van der Waals surface area contributed by atoms with Gasteiger partial charge in [-0.25, -0.2) is 0 Å². The van der Waals surface area contributed by atoms with Crippen LogP contribution >= 0.6 is 11.6 Å². The van der Waals surface area contributed by atoms with Crippen molar-refractivity contribution in [3.8, 4) is 0 Å². The van der Waals surface area contributed by atoms with Crippen LogP contribution in [0.1, 0.15) is 19.2 Å². The monoisotopic (exact) mass is 235 g/mol. The third-order valence-corrected chi connectivity index (χ3v) is 3.77. The lowest BCUT2D eigenvalue weighted by molar-refractivity contribution is 0.605. The van der Waals surface area contributed by atoms with Gasteiger partial charge in [-0.2, -0.15) is 0 Å². The fourth-order valence-corrected chi connectivity index (χ4v) is 1.70. The lowest BCUT2D eigenvalue weighted by atomic mass is 10.3. The molecule has 0 aliphatic rings. The topological polar surface area (TPSA) is 47.8 Å². The quantitative estimate of drug-likeness (QED) is 0.720. The summed E-state index contributed by atoms with van der Waals surface area (Å²) < 4.78 is 13.0. The van der Waals surface area contributed by atoms with Gasteiger partial charge in [0.1, 0.15) is 12.2 Å². The summed E-state index contributed by atoms with van der Waals surface area (Å²) in [4.78, 5) is 0. The Morgan fingerprint density at radius 2 is 2.43 bits per heavy atom. The molecule has 0 saturated carbocycles. The molecule has 0 aromatic carbocycles. The first-order valence-corrected chi connectivity index (χ1v) is 6.55. The average Bonchev–Trinajstić information content (AvgIpc) is 2.60. The highest BCUT2D eigenvalue weighted by atomic mass is 35.5. The van der Waals surface area contributed by atoms with E-state index in [9.17, 15) is 4.21 Å². The van der Waals surface area contributed by atoms with Crippen LogP contribution in [0.4, 0.5) is 0 Å². The Morgan fingerprint density at radius 1 is 1.71 bits per heavy atom. The molecule has 0 fully saturated rings. The Balaban J connectivity index is 2.49. The van der Waals surface area contributed by atoms with Crippen molar-refractivity contribution in [1.29, 1.82) is 0 Å². The summed E-state index contributed by atoms with van der Waals surface area (Å²) in [5, 5.41) is 7.83. The highest BCUT2D eigenvalue weighted by Crippen LogP contribution is 2.05. The van der Waals surface area contributed by atoms with Crippen LogP contribution in [-0.2, 0) is 23.2 Å². The average molecular weight is 236 g/mol. The zero-order valence-corrected chi connectivity index (χ0v) is 9.88. The van der Waals surface area contributed by atoms with E-state index in [2.05, 4.69) is 10.2 Å². The van der Waals surface area contributed by atoms with Gasteiger partial charge in [-0.05, 0) is 6.42 Å². The number of aryl methyl sites for hydroxylation is 1. The SMILES string of the molecule is CC(CCn1cnnc1CCl)S(C)=O. The number of hydrogen-bond donors (Lipinski definition) is 0. The van der Waals surface area contributed by atoms with Gasteiger partial charge >= 0.3 is 0 Å². The maximum absolute atomic E-state index is 11.1. The molecule has 0 bridgehead atoms. The lowest BCUT2D eigenvalue weighted by Crippen LogP contribution is -2.13. The summed E-state index contributed by atoms with van der Waals surface area (Å²) in [5.74, 6) is 1.13. The zero-order valence-electron chi connectivity index (χ0n) is 8.31. The van der Waals surface area contributed by atoms with E-state index in [4.69, 9.17) is 11.6 Å². The van der Waals surface area contributed by atoms with Crippen molar-refractivity contribution in [3.05, 3.63) is 12.2 Å². The highest BCUT2D eigenvalue weighted by Gasteiger charge is 2.08. The molecule has 6 heteroatoms. The van der Waals surface area contributed by atoms with Crippen LogP contribution in [0.3, 0.4) is 0 Å². The second kappa shape index (κ2) is 5.46. The molecule has 0 N–H and O–H groups in total. The molecule has 1 aromatic heterocycles. The maximum Gasteiger partial charge on any atom is 0.147 e. The molecule has 0 saturated heterocycles. The van der Waals surface area contributed by atoms with Crippen molar-refractivity contribution in [2.75, 3.05) is 6.26 Å². The van der Waals surface area contributed by atoms with Crippen molar-refractivity contribution >= 4 is 22.4 Å². The largest absolute Gasteiger partial charge is 0.317 e. The molecule has 1 heterocycles. The lowest BCUT2D eigenvalue weighted by Gasteiger charge is -2.09.